The molecular formula is C33H34ClFN6O4. The fourth-order valence-electron chi connectivity index (χ4n) is 5.97. The summed E-state index contributed by atoms with van der Waals surface area (Å²) >= 11 is 6.03. The third-order valence-corrected chi connectivity index (χ3v) is 8.56. The Labute approximate surface area is 264 Å². The zero-order valence-electron chi connectivity index (χ0n) is 25.2. The molecule has 0 bridgehead atoms. The molecular weight excluding hydrogens is 599 g/mol. The van der Waals surface area contributed by atoms with Crippen LogP contribution < -0.4 is 10.2 Å². The van der Waals surface area contributed by atoms with Gasteiger partial charge in [0.2, 0.25) is 0 Å². The molecule has 1 atom stereocenters. The average molecular weight is 633 g/mol. The number of phenols is 1. The summed E-state index contributed by atoms with van der Waals surface area (Å²) in [5, 5.41) is 22.9. The molecule has 1 amide bonds. The molecule has 0 radical (unpaired) electrons. The molecule has 234 valence electrons. The Bertz CT molecular complexity index is 1770. The van der Waals surface area contributed by atoms with Crippen LogP contribution in [0.25, 0.3) is 22.3 Å². The van der Waals surface area contributed by atoms with E-state index >= 15 is 0 Å². The topological polar surface area (TPSA) is 132 Å². The second kappa shape index (κ2) is 11.8. The maximum absolute atomic E-state index is 14.3. The van der Waals surface area contributed by atoms with Crippen molar-refractivity contribution in [1.29, 1.82) is 0 Å². The van der Waals surface area contributed by atoms with Gasteiger partial charge in [-0.05, 0) is 82.9 Å². The van der Waals surface area contributed by atoms with Gasteiger partial charge in [0.05, 0.1) is 45.4 Å². The lowest BCUT2D eigenvalue weighted by Crippen LogP contribution is -2.57. The van der Waals surface area contributed by atoms with Gasteiger partial charge in [-0.3, -0.25) is 14.7 Å². The summed E-state index contributed by atoms with van der Waals surface area (Å²) in [6.45, 7) is 7.00. The van der Waals surface area contributed by atoms with Gasteiger partial charge in [0, 0.05) is 36.3 Å². The molecule has 3 aromatic heterocycles. The Morgan fingerprint density at radius 3 is 2.51 bits per heavy atom. The molecule has 1 aliphatic heterocycles. The van der Waals surface area contributed by atoms with Crippen LogP contribution in [0, 0.1) is 11.7 Å². The molecule has 1 aromatic carbocycles. The van der Waals surface area contributed by atoms with Crippen molar-refractivity contribution < 1.29 is 24.2 Å². The van der Waals surface area contributed by atoms with E-state index in [9.17, 15) is 24.2 Å². The number of hydrogen-bond donors (Lipinski definition) is 3. The monoisotopic (exact) mass is 632 g/mol. The molecule has 45 heavy (non-hydrogen) atoms. The lowest BCUT2D eigenvalue weighted by atomic mass is 9.97. The van der Waals surface area contributed by atoms with Gasteiger partial charge in [0.25, 0.3) is 0 Å². The van der Waals surface area contributed by atoms with E-state index in [1.807, 2.05) is 32.9 Å². The van der Waals surface area contributed by atoms with Crippen LogP contribution in [-0.4, -0.2) is 66.6 Å². The number of Topliss-reactive ketones (excluding diaryl/α,β-unsaturated/α-hetero) is 1. The number of anilines is 3. The minimum Gasteiger partial charge on any atom is -0.504 e. The standard InChI is InChI=1S/C33H34ClFN6O4/c1-33(2,3)41(32(44)45)21-5-4-12-40(17-21)27-11-8-20(15-37-27)38-28-22(30(42)18-6-7-18)16-36-26-10-9-25(39-29(26)28)19-13-23(34)31(43)24(35)14-19/h8-11,13-16,18,21,43H,4-7,12,17H2,1-3H3,(H,36,38)(H,44,45)/t21-/m1/s1. The van der Waals surface area contributed by atoms with Crippen molar-refractivity contribution >= 4 is 51.7 Å². The summed E-state index contributed by atoms with van der Waals surface area (Å²) in [6.07, 6.45) is 5.56. The number of ketones is 1. The molecule has 0 unspecified atom stereocenters. The number of benzene rings is 1. The Hall–Kier alpha value is -4.51. The number of piperidine rings is 1. The number of amides is 1. The number of halogens is 2. The van der Waals surface area contributed by atoms with Crippen LogP contribution in [0.15, 0.2) is 48.8 Å². The molecule has 12 heteroatoms. The first-order valence-corrected chi connectivity index (χ1v) is 15.3. The Balaban J connectivity index is 1.32. The molecule has 1 saturated heterocycles. The smallest absolute Gasteiger partial charge is 0.408 e. The number of phenolic OH excluding ortho intramolecular Hbond substituents is 1. The van der Waals surface area contributed by atoms with E-state index in [1.165, 1.54) is 11.0 Å². The number of pyridine rings is 3. The Morgan fingerprint density at radius 2 is 1.87 bits per heavy atom. The number of carbonyl (C=O) groups is 2. The van der Waals surface area contributed by atoms with Crippen LogP contribution in [0.3, 0.4) is 0 Å². The predicted octanol–water partition coefficient (Wildman–Crippen LogP) is 7.27. The normalized spacial score (nSPS) is 16.9. The van der Waals surface area contributed by atoms with Crippen molar-refractivity contribution in [2.24, 2.45) is 5.92 Å². The van der Waals surface area contributed by atoms with E-state index in [1.54, 1.807) is 24.5 Å². The van der Waals surface area contributed by atoms with Crippen LogP contribution in [-0.2, 0) is 0 Å². The van der Waals surface area contributed by atoms with Crippen LogP contribution in [0.5, 0.6) is 5.75 Å². The van der Waals surface area contributed by atoms with E-state index in [2.05, 4.69) is 15.2 Å². The number of hydrogen-bond acceptors (Lipinski definition) is 8. The molecule has 2 aliphatic rings. The highest BCUT2D eigenvalue weighted by molar-refractivity contribution is 6.32. The van der Waals surface area contributed by atoms with E-state index in [4.69, 9.17) is 21.6 Å². The highest BCUT2D eigenvalue weighted by Gasteiger charge is 2.36. The SMILES string of the molecule is CC(C)(C)N(C(=O)O)[C@@H]1CCCN(c2ccc(Nc3c(C(=O)C4CC4)cnc4ccc(-c5cc(F)c(O)c(Cl)c5)nc34)cn2)C1. The maximum Gasteiger partial charge on any atom is 0.408 e. The summed E-state index contributed by atoms with van der Waals surface area (Å²) in [5.74, 6) is -0.863. The van der Waals surface area contributed by atoms with Gasteiger partial charge in [-0.2, -0.15) is 0 Å². The fourth-order valence-corrected chi connectivity index (χ4v) is 6.18. The Morgan fingerprint density at radius 1 is 1.09 bits per heavy atom. The average Bonchev–Trinajstić information content (AvgIpc) is 3.85. The molecule has 0 spiro atoms. The first-order valence-electron chi connectivity index (χ1n) is 14.9. The number of nitrogens with one attached hydrogen (secondary N) is 1. The minimum atomic E-state index is -0.932. The van der Waals surface area contributed by atoms with Crippen LogP contribution in [0.1, 0.15) is 56.8 Å². The van der Waals surface area contributed by atoms with Crippen molar-refractivity contribution in [2.45, 2.75) is 58.0 Å². The van der Waals surface area contributed by atoms with Crippen molar-refractivity contribution in [3.05, 3.63) is 65.2 Å². The lowest BCUT2D eigenvalue weighted by Gasteiger charge is -2.44. The second-order valence-corrected chi connectivity index (χ2v) is 13.0. The second-order valence-electron chi connectivity index (χ2n) is 12.6. The summed E-state index contributed by atoms with van der Waals surface area (Å²) < 4.78 is 14.3. The quantitative estimate of drug-likeness (QED) is 0.180. The number of nitrogens with zero attached hydrogens (tertiary/aromatic N) is 5. The summed E-state index contributed by atoms with van der Waals surface area (Å²) in [4.78, 5) is 43.0. The van der Waals surface area contributed by atoms with Crippen molar-refractivity contribution in [1.82, 2.24) is 19.9 Å². The largest absolute Gasteiger partial charge is 0.504 e. The van der Waals surface area contributed by atoms with Gasteiger partial charge in [-0.1, -0.05) is 11.6 Å². The van der Waals surface area contributed by atoms with E-state index in [0.29, 0.717) is 45.8 Å². The number of aromatic nitrogens is 3. The van der Waals surface area contributed by atoms with Crippen LogP contribution in [0.4, 0.5) is 26.4 Å². The summed E-state index contributed by atoms with van der Waals surface area (Å²) in [5.41, 5.74) is 2.68. The molecule has 4 aromatic rings. The highest BCUT2D eigenvalue weighted by atomic mass is 35.5. The van der Waals surface area contributed by atoms with Crippen molar-refractivity contribution in [2.75, 3.05) is 23.3 Å². The number of carboxylic acid groups (broad SMARTS) is 1. The third-order valence-electron chi connectivity index (χ3n) is 8.27. The summed E-state index contributed by atoms with van der Waals surface area (Å²) in [7, 11) is 0. The molecule has 2 fully saturated rings. The van der Waals surface area contributed by atoms with Crippen LogP contribution in [0.2, 0.25) is 5.02 Å². The highest BCUT2D eigenvalue weighted by Crippen LogP contribution is 2.38. The zero-order valence-corrected chi connectivity index (χ0v) is 26.0. The van der Waals surface area contributed by atoms with E-state index < -0.39 is 23.2 Å². The molecule has 4 heterocycles. The van der Waals surface area contributed by atoms with E-state index in [-0.39, 0.29) is 22.8 Å². The third kappa shape index (κ3) is 6.22. The molecule has 1 aliphatic carbocycles. The van der Waals surface area contributed by atoms with E-state index in [0.717, 1.165) is 44.1 Å². The summed E-state index contributed by atoms with van der Waals surface area (Å²) in [6, 6.07) is 9.57. The fraction of sp³-hybridized carbons (Fsp3) is 0.364. The van der Waals surface area contributed by atoms with Crippen molar-refractivity contribution in [3.8, 4) is 17.0 Å². The molecule has 1 saturated carbocycles. The van der Waals surface area contributed by atoms with Gasteiger partial charge in [-0.25, -0.2) is 19.2 Å². The van der Waals surface area contributed by atoms with Gasteiger partial charge < -0.3 is 20.4 Å². The van der Waals surface area contributed by atoms with Gasteiger partial charge in [-0.15, -0.1) is 0 Å². The van der Waals surface area contributed by atoms with Crippen molar-refractivity contribution in [3.63, 3.8) is 0 Å². The molecule has 10 nitrogen and oxygen atoms in total. The number of carbonyl (C=O) groups excluding carboxylic acids is 1. The van der Waals surface area contributed by atoms with Gasteiger partial charge in [0.1, 0.15) is 11.3 Å². The number of aromatic hydroxyl groups is 1. The van der Waals surface area contributed by atoms with Crippen LogP contribution >= 0.6 is 11.6 Å². The van der Waals surface area contributed by atoms with Gasteiger partial charge in [0.15, 0.2) is 17.3 Å². The number of fused-ring (bicyclic) bond motifs is 1. The first kappa shape index (κ1) is 30.5. The number of rotatable bonds is 7. The zero-order chi connectivity index (χ0) is 32.0. The minimum absolute atomic E-state index is 0.0244. The molecule has 3 N–H and O–H groups in total. The lowest BCUT2D eigenvalue weighted by molar-refractivity contribution is 0.0647. The predicted molar refractivity (Wildman–Crippen MR) is 171 cm³/mol. The van der Waals surface area contributed by atoms with Gasteiger partial charge >= 0.3 is 6.09 Å². The molecule has 6 rings (SSSR count). The first-order chi connectivity index (χ1) is 21.4. The maximum atomic E-state index is 14.3. The Kier molecular flexibility index (Phi) is 7.98.